The van der Waals surface area contributed by atoms with Crippen LogP contribution in [0.4, 0.5) is 10.1 Å². The summed E-state index contributed by atoms with van der Waals surface area (Å²) in [6.45, 7) is 0.362. The summed E-state index contributed by atoms with van der Waals surface area (Å²) in [5.74, 6) is 0.0346. The molecule has 0 aliphatic heterocycles. The Labute approximate surface area is 152 Å². The summed E-state index contributed by atoms with van der Waals surface area (Å²) >= 11 is 6.97. The van der Waals surface area contributed by atoms with Gasteiger partial charge in [-0.15, -0.1) is 10.2 Å². The lowest BCUT2D eigenvalue weighted by Crippen LogP contribution is -2.02. The third-order valence-electron chi connectivity index (χ3n) is 3.23. The maximum Gasteiger partial charge on any atom is 0.277 e. The van der Waals surface area contributed by atoms with Gasteiger partial charge in [0.1, 0.15) is 5.82 Å². The molecule has 0 aliphatic rings. The molecule has 8 heteroatoms. The molecule has 3 aromatic rings. The Bertz CT molecular complexity index is 853. The zero-order valence-electron chi connectivity index (χ0n) is 12.9. The van der Waals surface area contributed by atoms with E-state index in [9.17, 15) is 9.18 Å². The van der Waals surface area contributed by atoms with Gasteiger partial charge in [-0.05, 0) is 48.5 Å². The van der Waals surface area contributed by atoms with Gasteiger partial charge in [-0.2, -0.15) is 0 Å². The summed E-state index contributed by atoms with van der Waals surface area (Å²) in [5, 5.41) is 11.9. The molecule has 0 saturated carbocycles. The summed E-state index contributed by atoms with van der Waals surface area (Å²) < 4.78 is 18.3. The smallest absolute Gasteiger partial charge is 0.277 e. The summed E-state index contributed by atoms with van der Waals surface area (Å²) in [7, 11) is 0. The second-order valence-electron chi connectivity index (χ2n) is 5.04. The number of carbonyl (C=O) groups is 1. The number of rotatable bonds is 7. The molecule has 0 aliphatic carbocycles. The standard InChI is InChI=1S/C17H13ClFN3O2S/c18-12-3-7-14(8-4-12)20-9-16-21-22-17(24-16)25-10-15(23)11-1-5-13(19)6-2-11/h1-8,20H,9-10H2. The predicted octanol–water partition coefficient (Wildman–Crippen LogP) is 4.45. The van der Waals surface area contributed by atoms with Crippen LogP contribution in [0.15, 0.2) is 58.2 Å². The van der Waals surface area contributed by atoms with Gasteiger partial charge in [0.2, 0.25) is 5.89 Å². The van der Waals surface area contributed by atoms with E-state index in [1.54, 1.807) is 12.1 Å². The van der Waals surface area contributed by atoms with Crippen LogP contribution in [0.1, 0.15) is 16.2 Å². The van der Waals surface area contributed by atoms with Crippen LogP contribution in [0.5, 0.6) is 0 Å². The van der Waals surface area contributed by atoms with Gasteiger partial charge in [0, 0.05) is 16.3 Å². The van der Waals surface area contributed by atoms with Gasteiger partial charge in [-0.25, -0.2) is 4.39 Å². The minimum absolute atomic E-state index is 0.135. The number of Topliss-reactive ketones (excluding diaryl/α,β-unsaturated/α-hetero) is 1. The Hall–Kier alpha value is -2.38. The lowest BCUT2D eigenvalue weighted by Gasteiger charge is -2.02. The monoisotopic (exact) mass is 377 g/mol. The number of anilines is 1. The fourth-order valence-electron chi connectivity index (χ4n) is 1.96. The zero-order chi connectivity index (χ0) is 17.6. The largest absolute Gasteiger partial charge is 0.414 e. The Kier molecular flexibility index (Phi) is 5.67. The van der Waals surface area contributed by atoms with Gasteiger partial charge in [-0.3, -0.25) is 4.79 Å². The summed E-state index contributed by atoms with van der Waals surface area (Å²) in [6.07, 6.45) is 0. The van der Waals surface area contributed by atoms with E-state index in [4.69, 9.17) is 16.0 Å². The molecule has 1 heterocycles. The molecule has 0 saturated heterocycles. The first-order valence-corrected chi connectivity index (χ1v) is 8.70. The van der Waals surface area contributed by atoms with Crippen molar-refractivity contribution in [2.75, 3.05) is 11.1 Å². The van der Waals surface area contributed by atoms with Crippen LogP contribution >= 0.6 is 23.4 Å². The minimum Gasteiger partial charge on any atom is -0.414 e. The van der Waals surface area contributed by atoms with Crippen molar-refractivity contribution in [2.45, 2.75) is 11.8 Å². The molecule has 5 nitrogen and oxygen atoms in total. The number of thioether (sulfide) groups is 1. The lowest BCUT2D eigenvalue weighted by atomic mass is 10.1. The average molecular weight is 378 g/mol. The number of halogens is 2. The van der Waals surface area contributed by atoms with Gasteiger partial charge in [-0.1, -0.05) is 23.4 Å². The highest BCUT2D eigenvalue weighted by Crippen LogP contribution is 2.19. The van der Waals surface area contributed by atoms with E-state index in [1.807, 2.05) is 12.1 Å². The Morgan fingerprint density at radius 3 is 2.56 bits per heavy atom. The molecule has 0 atom stereocenters. The molecule has 1 N–H and O–H groups in total. The minimum atomic E-state index is -0.376. The van der Waals surface area contributed by atoms with E-state index in [0.29, 0.717) is 28.2 Å². The van der Waals surface area contributed by atoms with E-state index in [-0.39, 0.29) is 17.4 Å². The van der Waals surface area contributed by atoms with Crippen molar-refractivity contribution >= 4 is 34.8 Å². The summed E-state index contributed by atoms with van der Waals surface area (Å²) in [5.41, 5.74) is 1.32. The van der Waals surface area contributed by atoms with Crippen molar-refractivity contribution in [3.05, 3.63) is 70.8 Å². The summed E-state index contributed by atoms with van der Waals surface area (Å²) in [4.78, 5) is 12.0. The third kappa shape index (κ3) is 5.04. The number of ketones is 1. The fraction of sp³-hybridized carbons (Fsp3) is 0.118. The van der Waals surface area contributed by atoms with Crippen molar-refractivity contribution in [1.29, 1.82) is 0 Å². The number of nitrogens with zero attached hydrogens (tertiary/aromatic N) is 2. The average Bonchev–Trinajstić information content (AvgIpc) is 3.08. The van der Waals surface area contributed by atoms with E-state index in [1.165, 1.54) is 24.3 Å². The molecule has 0 bridgehead atoms. The van der Waals surface area contributed by atoms with Crippen LogP contribution < -0.4 is 5.32 Å². The molecule has 3 rings (SSSR count). The highest BCUT2D eigenvalue weighted by atomic mass is 35.5. The van der Waals surface area contributed by atoms with Crippen molar-refractivity contribution in [1.82, 2.24) is 10.2 Å². The van der Waals surface area contributed by atoms with E-state index >= 15 is 0 Å². The molecule has 1 aromatic heterocycles. The van der Waals surface area contributed by atoms with Crippen molar-refractivity contribution < 1.29 is 13.6 Å². The molecule has 0 unspecified atom stereocenters. The zero-order valence-corrected chi connectivity index (χ0v) is 14.5. The Morgan fingerprint density at radius 1 is 1.12 bits per heavy atom. The van der Waals surface area contributed by atoms with Gasteiger partial charge >= 0.3 is 0 Å². The Morgan fingerprint density at radius 2 is 1.84 bits per heavy atom. The maximum absolute atomic E-state index is 12.9. The van der Waals surface area contributed by atoms with Crippen molar-refractivity contribution in [3.63, 3.8) is 0 Å². The molecule has 0 spiro atoms. The highest BCUT2D eigenvalue weighted by molar-refractivity contribution is 7.99. The van der Waals surface area contributed by atoms with E-state index in [0.717, 1.165) is 17.4 Å². The van der Waals surface area contributed by atoms with Crippen LogP contribution in [0.3, 0.4) is 0 Å². The number of hydrogen-bond donors (Lipinski definition) is 1. The molecule has 0 amide bonds. The molecular formula is C17H13ClFN3O2S. The third-order valence-corrected chi connectivity index (χ3v) is 4.30. The number of nitrogens with one attached hydrogen (secondary N) is 1. The van der Waals surface area contributed by atoms with Crippen molar-refractivity contribution in [3.8, 4) is 0 Å². The number of hydrogen-bond acceptors (Lipinski definition) is 6. The van der Waals surface area contributed by atoms with Gasteiger partial charge in [0.25, 0.3) is 5.22 Å². The molecule has 128 valence electrons. The van der Waals surface area contributed by atoms with Gasteiger partial charge in [0.05, 0.1) is 12.3 Å². The molecule has 0 radical (unpaired) electrons. The predicted molar refractivity (Wildman–Crippen MR) is 94.5 cm³/mol. The Balaban J connectivity index is 1.50. The van der Waals surface area contributed by atoms with Crippen LogP contribution in [-0.2, 0) is 6.54 Å². The first kappa shape index (κ1) is 17.4. The van der Waals surface area contributed by atoms with Crippen LogP contribution in [0.25, 0.3) is 0 Å². The number of carbonyl (C=O) groups excluding carboxylic acids is 1. The van der Waals surface area contributed by atoms with Crippen LogP contribution in [-0.4, -0.2) is 21.7 Å². The molecule has 0 fully saturated rings. The first-order chi connectivity index (χ1) is 12.1. The van der Waals surface area contributed by atoms with E-state index in [2.05, 4.69) is 15.5 Å². The second kappa shape index (κ2) is 8.13. The SMILES string of the molecule is O=C(CSc1nnc(CNc2ccc(Cl)cc2)o1)c1ccc(F)cc1. The fourth-order valence-corrected chi connectivity index (χ4v) is 2.76. The van der Waals surface area contributed by atoms with Crippen LogP contribution in [0.2, 0.25) is 5.02 Å². The second-order valence-corrected chi connectivity index (χ2v) is 6.40. The highest BCUT2D eigenvalue weighted by Gasteiger charge is 2.11. The maximum atomic E-state index is 12.9. The van der Waals surface area contributed by atoms with Crippen LogP contribution in [0, 0.1) is 5.82 Å². The summed E-state index contributed by atoms with van der Waals surface area (Å²) in [6, 6.07) is 12.7. The quantitative estimate of drug-likeness (QED) is 0.484. The molecule has 2 aromatic carbocycles. The number of aromatic nitrogens is 2. The molecular weight excluding hydrogens is 365 g/mol. The lowest BCUT2D eigenvalue weighted by molar-refractivity contribution is 0.102. The van der Waals surface area contributed by atoms with Gasteiger partial charge < -0.3 is 9.73 Å². The van der Waals surface area contributed by atoms with Gasteiger partial charge in [0.15, 0.2) is 5.78 Å². The van der Waals surface area contributed by atoms with E-state index < -0.39 is 0 Å². The van der Waals surface area contributed by atoms with Crippen molar-refractivity contribution in [2.24, 2.45) is 0 Å². The normalized spacial score (nSPS) is 10.6. The first-order valence-electron chi connectivity index (χ1n) is 7.33. The molecule has 25 heavy (non-hydrogen) atoms. The number of benzene rings is 2. The topological polar surface area (TPSA) is 68.0 Å².